The fraction of sp³-hybridized carbons (Fsp3) is 0.333. The molecule has 1 aliphatic rings. The van der Waals surface area contributed by atoms with Crippen LogP contribution in [0.4, 0.5) is 18.0 Å². The van der Waals surface area contributed by atoms with Crippen molar-refractivity contribution in [1.82, 2.24) is 4.90 Å². The van der Waals surface area contributed by atoms with Crippen LogP contribution in [0.5, 0.6) is 0 Å². The minimum Gasteiger partial charge on any atom is -0.465 e. The van der Waals surface area contributed by atoms with Gasteiger partial charge in [0.15, 0.2) is 0 Å². The first-order valence-electron chi connectivity index (χ1n) is 6.60. The quantitative estimate of drug-likeness (QED) is 0.803. The Morgan fingerprint density at radius 1 is 1.18 bits per heavy atom. The highest BCUT2D eigenvalue weighted by Crippen LogP contribution is 2.31. The molecule has 0 unspecified atom stereocenters. The summed E-state index contributed by atoms with van der Waals surface area (Å²) < 4.78 is 37.6. The fourth-order valence-electron chi connectivity index (χ4n) is 2.39. The first-order chi connectivity index (χ1) is 10.3. The number of amides is 1. The van der Waals surface area contributed by atoms with Crippen molar-refractivity contribution in [3.63, 3.8) is 0 Å². The van der Waals surface area contributed by atoms with Crippen molar-refractivity contribution < 1.29 is 23.1 Å². The Balaban J connectivity index is 2.24. The van der Waals surface area contributed by atoms with E-state index in [2.05, 4.69) is 0 Å². The molecule has 1 amide bonds. The van der Waals surface area contributed by atoms with Gasteiger partial charge in [-0.25, -0.2) is 4.79 Å². The largest absolute Gasteiger partial charge is 0.465 e. The lowest BCUT2D eigenvalue weighted by atomic mass is 9.93. The molecular weight excluding hydrogens is 297 g/mol. The molecule has 0 aromatic heterocycles. The Hall–Kier alpha value is -2.49. The molecule has 1 saturated heterocycles. The molecule has 0 saturated carbocycles. The van der Waals surface area contributed by atoms with E-state index in [1.165, 1.54) is 17.0 Å². The Morgan fingerprint density at radius 2 is 1.73 bits per heavy atom. The Labute approximate surface area is 125 Å². The van der Waals surface area contributed by atoms with Gasteiger partial charge in [0.25, 0.3) is 0 Å². The number of nitrogens with zero attached hydrogens (tertiary/aromatic N) is 2. The van der Waals surface area contributed by atoms with Crippen molar-refractivity contribution in [2.45, 2.75) is 19.0 Å². The summed E-state index contributed by atoms with van der Waals surface area (Å²) in [5.74, 6) is 0. The molecule has 0 spiro atoms. The van der Waals surface area contributed by atoms with Gasteiger partial charge in [-0.15, -0.1) is 0 Å². The van der Waals surface area contributed by atoms with Crippen LogP contribution in [-0.4, -0.2) is 29.2 Å². The van der Waals surface area contributed by atoms with Crippen LogP contribution in [0.25, 0.3) is 5.57 Å². The van der Waals surface area contributed by atoms with Crippen molar-refractivity contribution in [2.75, 3.05) is 13.1 Å². The first-order valence-corrected chi connectivity index (χ1v) is 6.60. The van der Waals surface area contributed by atoms with Gasteiger partial charge in [-0.3, -0.25) is 0 Å². The van der Waals surface area contributed by atoms with E-state index in [-0.39, 0.29) is 13.1 Å². The van der Waals surface area contributed by atoms with Gasteiger partial charge in [-0.1, -0.05) is 12.1 Å². The Bertz CT molecular complexity index is 632. The van der Waals surface area contributed by atoms with Gasteiger partial charge < -0.3 is 10.0 Å². The molecular formula is C15H13F3N2O2. The number of benzene rings is 1. The van der Waals surface area contributed by atoms with E-state index in [0.717, 1.165) is 17.7 Å². The number of carboxylic acid groups (broad SMARTS) is 1. The molecule has 1 N–H and O–H groups in total. The summed E-state index contributed by atoms with van der Waals surface area (Å²) in [7, 11) is 0. The van der Waals surface area contributed by atoms with E-state index >= 15 is 0 Å². The van der Waals surface area contributed by atoms with E-state index in [4.69, 9.17) is 5.11 Å². The van der Waals surface area contributed by atoms with Crippen LogP contribution < -0.4 is 0 Å². The summed E-state index contributed by atoms with van der Waals surface area (Å²) in [5, 5.41) is 18.2. The van der Waals surface area contributed by atoms with Crippen molar-refractivity contribution >= 4 is 11.7 Å². The van der Waals surface area contributed by atoms with Crippen molar-refractivity contribution in [1.29, 1.82) is 5.26 Å². The number of piperidine rings is 1. The van der Waals surface area contributed by atoms with Gasteiger partial charge in [-0.05, 0) is 36.1 Å². The van der Waals surface area contributed by atoms with Gasteiger partial charge >= 0.3 is 12.3 Å². The molecule has 0 atom stereocenters. The SMILES string of the molecule is N#CC(=C1CCN(C(=O)O)CC1)c1ccc(C(F)(F)F)cc1. The highest BCUT2D eigenvalue weighted by molar-refractivity contribution is 5.80. The average molecular weight is 310 g/mol. The van der Waals surface area contributed by atoms with Gasteiger partial charge in [-0.2, -0.15) is 18.4 Å². The van der Waals surface area contributed by atoms with Crippen molar-refractivity contribution in [3.8, 4) is 6.07 Å². The van der Waals surface area contributed by atoms with Crippen LogP contribution in [0.15, 0.2) is 29.8 Å². The molecule has 1 aromatic carbocycles. The van der Waals surface area contributed by atoms with E-state index in [1.807, 2.05) is 6.07 Å². The highest BCUT2D eigenvalue weighted by atomic mass is 19.4. The van der Waals surface area contributed by atoms with Gasteiger partial charge in [0.1, 0.15) is 0 Å². The summed E-state index contributed by atoms with van der Waals surface area (Å²) in [5.41, 5.74) is 0.770. The van der Waals surface area contributed by atoms with E-state index in [0.29, 0.717) is 24.0 Å². The second-order valence-corrected chi connectivity index (χ2v) is 4.94. The number of halogens is 3. The monoisotopic (exact) mass is 310 g/mol. The van der Waals surface area contributed by atoms with Gasteiger partial charge in [0, 0.05) is 13.1 Å². The molecule has 1 heterocycles. The predicted octanol–water partition coefficient (Wildman–Crippen LogP) is 3.76. The van der Waals surface area contributed by atoms with Crippen molar-refractivity contribution in [2.24, 2.45) is 0 Å². The molecule has 1 aliphatic heterocycles. The smallest absolute Gasteiger partial charge is 0.416 e. The summed E-state index contributed by atoms with van der Waals surface area (Å²) in [6.07, 6.45) is -4.59. The van der Waals surface area contributed by atoms with Crippen LogP contribution in [0.1, 0.15) is 24.0 Å². The molecule has 22 heavy (non-hydrogen) atoms. The summed E-state index contributed by atoms with van der Waals surface area (Å²) >= 11 is 0. The molecule has 7 heteroatoms. The molecule has 2 rings (SSSR count). The number of hydrogen-bond donors (Lipinski definition) is 1. The number of alkyl halides is 3. The lowest BCUT2D eigenvalue weighted by Crippen LogP contribution is -2.35. The van der Waals surface area contributed by atoms with E-state index in [9.17, 15) is 23.2 Å². The van der Waals surface area contributed by atoms with E-state index < -0.39 is 17.8 Å². The van der Waals surface area contributed by atoms with Crippen LogP contribution >= 0.6 is 0 Å². The second-order valence-electron chi connectivity index (χ2n) is 4.94. The highest BCUT2D eigenvalue weighted by Gasteiger charge is 2.30. The van der Waals surface area contributed by atoms with Gasteiger partial charge in [0.05, 0.1) is 17.2 Å². The number of carbonyl (C=O) groups is 1. The van der Waals surface area contributed by atoms with Crippen LogP contribution in [0, 0.1) is 11.3 Å². The lowest BCUT2D eigenvalue weighted by molar-refractivity contribution is -0.137. The number of hydrogen-bond acceptors (Lipinski definition) is 2. The maximum Gasteiger partial charge on any atom is 0.416 e. The van der Waals surface area contributed by atoms with Crippen LogP contribution in [0.2, 0.25) is 0 Å². The average Bonchev–Trinajstić information content (AvgIpc) is 2.48. The zero-order chi connectivity index (χ0) is 16.3. The van der Waals surface area contributed by atoms with Crippen LogP contribution in [-0.2, 0) is 6.18 Å². The minimum atomic E-state index is -4.41. The third kappa shape index (κ3) is 3.39. The third-order valence-electron chi connectivity index (χ3n) is 3.60. The second kappa shape index (κ2) is 6.10. The predicted molar refractivity (Wildman–Crippen MR) is 72.8 cm³/mol. The maximum atomic E-state index is 12.5. The first kappa shape index (κ1) is 15.9. The topological polar surface area (TPSA) is 64.3 Å². The number of allylic oxidation sites excluding steroid dienone is 1. The summed E-state index contributed by atoms with van der Waals surface area (Å²) in [4.78, 5) is 12.1. The maximum absolute atomic E-state index is 12.5. The zero-order valence-electron chi connectivity index (χ0n) is 11.5. The zero-order valence-corrected chi connectivity index (χ0v) is 11.5. The molecule has 116 valence electrons. The van der Waals surface area contributed by atoms with E-state index in [1.54, 1.807) is 0 Å². The molecule has 4 nitrogen and oxygen atoms in total. The molecule has 1 fully saturated rings. The third-order valence-corrected chi connectivity index (χ3v) is 3.60. The number of nitriles is 1. The lowest BCUT2D eigenvalue weighted by Gasteiger charge is -2.26. The summed E-state index contributed by atoms with van der Waals surface area (Å²) in [6.45, 7) is 0.576. The Morgan fingerprint density at radius 3 is 2.14 bits per heavy atom. The molecule has 0 aliphatic carbocycles. The fourth-order valence-corrected chi connectivity index (χ4v) is 2.39. The molecule has 0 radical (unpaired) electrons. The van der Waals surface area contributed by atoms with Crippen molar-refractivity contribution in [3.05, 3.63) is 41.0 Å². The normalized spacial score (nSPS) is 15.4. The Kier molecular flexibility index (Phi) is 4.40. The minimum absolute atomic E-state index is 0.288. The molecule has 1 aromatic rings. The number of likely N-dealkylation sites (tertiary alicyclic amines) is 1. The molecule has 0 bridgehead atoms. The summed E-state index contributed by atoms with van der Waals surface area (Å²) in [6, 6.07) is 6.46. The standard InChI is InChI=1S/C15H13F3N2O2/c16-15(17,18)12-3-1-10(2-4-12)13(9-19)11-5-7-20(8-6-11)14(21)22/h1-4H,5-8H2,(H,21,22). The van der Waals surface area contributed by atoms with Gasteiger partial charge in [0.2, 0.25) is 0 Å². The van der Waals surface area contributed by atoms with Crippen LogP contribution in [0.3, 0.4) is 0 Å². The number of rotatable bonds is 1.